The largest absolute Gasteiger partial charge is 0.507 e. The van der Waals surface area contributed by atoms with Crippen molar-refractivity contribution >= 4 is 6.08 Å². The Hall–Kier alpha value is -2.54. The summed E-state index contributed by atoms with van der Waals surface area (Å²) < 4.78 is 16.5. The fourth-order valence-electron chi connectivity index (χ4n) is 3.48. The minimum atomic E-state index is 0.232. The molecule has 0 amide bonds. The molecular formula is C23H30N2O4. The molecule has 0 atom stereocenters. The molecule has 0 unspecified atom stereocenters. The third-order valence-electron chi connectivity index (χ3n) is 5.20. The predicted octanol–water partition coefficient (Wildman–Crippen LogP) is 2.96. The van der Waals surface area contributed by atoms with Crippen molar-refractivity contribution < 1.29 is 19.3 Å². The topological polar surface area (TPSA) is 77.2 Å². The molecule has 0 bridgehead atoms. The fraction of sp³-hybridized carbons (Fsp3) is 0.391. The number of hydrogen-bond acceptors (Lipinski definition) is 6. The highest BCUT2D eigenvalue weighted by Gasteiger charge is 2.21. The Morgan fingerprint density at radius 2 is 1.72 bits per heavy atom. The zero-order valence-electron chi connectivity index (χ0n) is 17.2. The molecule has 0 radical (unpaired) electrons. The molecule has 1 aliphatic heterocycles. The number of ether oxygens (including phenoxy) is 3. The van der Waals surface area contributed by atoms with Gasteiger partial charge in [-0.05, 0) is 17.5 Å². The summed E-state index contributed by atoms with van der Waals surface area (Å²) in [5.41, 5.74) is 9.38. The summed E-state index contributed by atoms with van der Waals surface area (Å²) in [6.07, 6.45) is 4.61. The van der Waals surface area contributed by atoms with Gasteiger partial charge in [0.1, 0.15) is 17.2 Å². The molecule has 156 valence electrons. The number of hydrogen-bond donors (Lipinski definition) is 2. The number of aromatic hydroxyl groups is 1. The monoisotopic (exact) mass is 398 g/mol. The molecule has 6 nitrogen and oxygen atoms in total. The van der Waals surface area contributed by atoms with E-state index in [4.69, 9.17) is 19.9 Å². The van der Waals surface area contributed by atoms with Crippen LogP contribution in [0.25, 0.3) is 6.08 Å². The van der Waals surface area contributed by atoms with E-state index in [9.17, 15) is 5.11 Å². The van der Waals surface area contributed by atoms with Gasteiger partial charge in [-0.25, -0.2) is 0 Å². The Labute approximate surface area is 172 Å². The maximum Gasteiger partial charge on any atom is 0.131 e. The Balaban J connectivity index is 1.83. The lowest BCUT2D eigenvalue weighted by Crippen LogP contribution is -2.35. The molecule has 0 spiro atoms. The highest BCUT2D eigenvalue weighted by Crippen LogP contribution is 2.39. The fourth-order valence-corrected chi connectivity index (χ4v) is 3.48. The first-order valence-electron chi connectivity index (χ1n) is 9.87. The van der Waals surface area contributed by atoms with Crippen molar-refractivity contribution in [2.24, 2.45) is 5.73 Å². The van der Waals surface area contributed by atoms with Crippen molar-refractivity contribution in [3.8, 4) is 17.2 Å². The van der Waals surface area contributed by atoms with Crippen molar-refractivity contribution in [3.63, 3.8) is 0 Å². The van der Waals surface area contributed by atoms with Gasteiger partial charge in [0, 0.05) is 37.8 Å². The standard InChI is InChI=1S/C23H30N2O4/c1-27-21-14-22(28-2)20(16-25-10-12-29-13-11-25)23(26)19(21)5-3-4-17-6-8-18(15-24)9-7-17/h3-4,6-9,14,26H,5,10-13,15-16,24H2,1-2H3/b4-3+. The van der Waals surface area contributed by atoms with Gasteiger partial charge in [0.2, 0.25) is 0 Å². The second-order valence-electron chi connectivity index (χ2n) is 7.03. The van der Waals surface area contributed by atoms with E-state index in [-0.39, 0.29) is 5.75 Å². The number of rotatable bonds is 8. The van der Waals surface area contributed by atoms with Crippen LogP contribution in [0.15, 0.2) is 36.4 Å². The number of nitrogens with zero attached hydrogens (tertiary/aromatic N) is 1. The smallest absolute Gasteiger partial charge is 0.131 e. The summed E-state index contributed by atoms with van der Waals surface area (Å²) in [6.45, 7) is 4.23. The quantitative estimate of drug-likeness (QED) is 0.712. The molecule has 1 saturated heterocycles. The van der Waals surface area contributed by atoms with Gasteiger partial charge in [-0.15, -0.1) is 0 Å². The first-order chi connectivity index (χ1) is 14.2. The van der Waals surface area contributed by atoms with E-state index in [0.29, 0.717) is 44.2 Å². The van der Waals surface area contributed by atoms with Crippen LogP contribution >= 0.6 is 0 Å². The van der Waals surface area contributed by atoms with Gasteiger partial charge in [0.25, 0.3) is 0 Å². The molecule has 0 aliphatic carbocycles. The molecule has 2 aromatic rings. The van der Waals surface area contributed by atoms with E-state index in [1.807, 2.05) is 42.5 Å². The van der Waals surface area contributed by atoms with Gasteiger partial charge in [0.15, 0.2) is 0 Å². The molecule has 0 aromatic heterocycles. The van der Waals surface area contributed by atoms with Gasteiger partial charge in [0.05, 0.1) is 33.0 Å². The van der Waals surface area contributed by atoms with E-state index in [0.717, 1.165) is 35.3 Å². The molecule has 3 rings (SSSR count). The van der Waals surface area contributed by atoms with Crippen molar-refractivity contribution in [2.45, 2.75) is 19.5 Å². The Morgan fingerprint density at radius 1 is 1.07 bits per heavy atom. The average Bonchev–Trinajstić information content (AvgIpc) is 2.77. The van der Waals surface area contributed by atoms with Crippen molar-refractivity contribution in [1.82, 2.24) is 4.90 Å². The average molecular weight is 399 g/mol. The predicted molar refractivity (Wildman–Crippen MR) is 114 cm³/mol. The number of nitrogens with two attached hydrogens (primary N) is 1. The first-order valence-corrected chi connectivity index (χ1v) is 9.87. The summed E-state index contributed by atoms with van der Waals surface area (Å²) in [7, 11) is 3.22. The Bertz CT molecular complexity index is 828. The number of methoxy groups -OCH3 is 2. The van der Waals surface area contributed by atoms with Gasteiger partial charge in [-0.1, -0.05) is 36.4 Å². The van der Waals surface area contributed by atoms with E-state index >= 15 is 0 Å². The minimum Gasteiger partial charge on any atom is -0.507 e. The summed E-state index contributed by atoms with van der Waals surface area (Å²) in [6, 6.07) is 9.97. The zero-order chi connectivity index (χ0) is 20.6. The van der Waals surface area contributed by atoms with Crippen LogP contribution in [0, 0.1) is 0 Å². The van der Waals surface area contributed by atoms with Gasteiger partial charge in [-0.2, -0.15) is 0 Å². The molecule has 1 aliphatic rings. The van der Waals surface area contributed by atoms with Crippen molar-refractivity contribution in [1.29, 1.82) is 0 Å². The number of morpholine rings is 1. The Morgan fingerprint density at radius 3 is 2.34 bits per heavy atom. The van der Waals surface area contributed by atoms with Gasteiger partial charge >= 0.3 is 0 Å². The van der Waals surface area contributed by atoms with Crippen LogP contribution in [-0.4, -0.2) is 50.5 Å². The van der Waals surface area contributed by atoms with Crippen LogP contribution in [0.1, 0.15) is 22.3 Å². The summed E-state index contributed by atoms with van der Waals surface area (Å²) in [5, 5.41) is 11.0. The van der Waals surface area contributed by atoms with Crippen LogP contribution in [0.3, 0.4) is 0 Å². The molecule has 3 N–H and O–H groups in total. The molecule has 29 heavy (non-hydrogen) atoms. The van der Waals surface area contributed by atoms with Gasteiger partial charge in [-0.3, -0.25) is 4.90 Å². The molecule has 1 fully saturated rings. The second kappa shape index (κ2) is 10.3. The molecule has 1 heterocycles. The van der Waals surface area contributed by atoms with Crippen molar-refractivity contribution in [2.75, 3.05) is 40.5 Å². The molecule has 0 saturated carbocycles. The third-order valence-corrected chi connectivity index (χ3v) is 5.20. The van der Waals surface area contributed by atoms with Crippen LogP contribution in [-0.2, 0) is 24.2 Å². The van der Waals surface area contributed by atoms with Crippen LogP contribution in [0.5, 0.6) is 17.2 Å². The lowest BCUT2D eigenvalue weighted by atomic mass is 10.0. The van der Waals surface area contributed by atoms with Crippen LogP contribution in [0.4, 0.5) is 0 Å². The van der Waals surface area contributed by atoms with E-state index < -0.39 is 0 Å². The second-order valence-corrected chi connectivity index (χ2v) is 7.03. The summed E-state index contributed by atoms with van der Waals surface area (Å²) >= 11 is 0. The maximum absolute atomic E-state index is 11.0. The zero-order valence-corrected chi connectivity index (χ0v) is 17.2. The third kappa shape index (κ3) is 5.29. The highest BCUT2D eigenvalue weighted by atomic mass is 16.5. The first kappa shape index (κ1) is 21.2. The van der Waals surface area contributed by atoms with Gasteiger partial charge < -0.3 is 25.1 Å². The highest BCUT2D eigenvalue weighted by molar-refractivity contribution is 5.58. The number of phenolic OH excluding ortho intramolecular Hbond substituents is 1. The summed E-state index contributed by atoms with van der Waals surface area (Å²) in [4.78, 5) is 2.26. The lowest BCUT2D eigenvalue weighted by molar-refractivity contribution is 0.0335. The number of benzene rings is 2. The Kier molecular flexibility index (Phi) is 7.52. The van der Waals surface area contributed by atoms with E-state index in [1.165, 1.54) is 0 Å². The van der Waals surface area contributed by atoms with Crippen molar-refractivity contribution in [3.05, 3.63) is 58.7 Å². The number of allylic oxidation sites excluding steroid dienone is 1. The van der Waals surface area contributed by atoms with Crippen LogP contribution < -0.4 is 15.2 Å². The SMILES string of the molecule is COc1cc(OC)c(CN2CCOCC2)c(O)c1C/C=C/c1ccc(CN)cc1. The lowest BCUT2D eigenvalue weighted by Gasteiger charge is -2.28. The van der Waals surface area contributed by atoms with E-state index in [2.05, 4.69) is 4.90 Å². The molecular weight excluding hydrogens is 368 g/mol. The summed E-state index contributed by atoms with van der Waals surface area (Å²) in [5.74, 6) is 1.49. The minimum absolute atomic E-state index is 0.232. The maximum atomic E-state index is 11.0. The normalized spacial score (nSPS) is 15.0. The van der Waals surface area contributed by atoms with Crippen LogP contribution in [0.2, 0.25) is 0 Å². The molecule has 2 aromatic carbocycles. The van der Waals surface area contributed by atoms with E-state index in [1.54, 1.807) is 14.2 Å². The molecule has 6 heteroatoms. The number of phenols is 1.